The predicted molar refractivity (Wildman–Crippen MR) is 135 cm³/mol. The second-order valence-electron chi connectivity index (χ2n) is 8.59. The monoisotopic (exact) mass is 484 g/mol. The molecule has 1 amide bonds. The number of furan rings is 1. The van der Waals surface area contributed by atoms with Crippen molar-refractivity contribution < 1.29 is 13.9 Å². The van der Waals surface area contributed by atoms with E-state index in [1.54, 1.807) is 36.5 Å². The van der Waals surface area contributed by atoms with Gasteiger partial charge >= 0.3 is 0 Å². The van der Waals surface area contributed by atoms with Gasteiger partial charge in [0.05, 0.1) is 23.4 Å². The van der Waals surface area contributed by atoms with Crippen LogP contribution in [0, 0.1) is 5.92 Å². The molecule has 1 aliphatic carbocycles. The largest absolute Gasteiger partial charge is 0.493 e. The molecule has 2 aromatic carbocycles. The van der Waals surface area contributed by atoms with Gasteiger partial charge in [-0.05, 0) is 72.9 Å². The number of hydrogen-bond donors (Lipinski definition) is 2. The maximum Gasteiger partial charge on any atom is 0.291 e. The first kappa shape index (κ1) is 21.4. The molecule has 8 heteroatoms. The molecular weight excluding hydrogens is 464 g/mol. The van der Waals surface area contributed by atoms with Gasteiger partial charge in [0.25, 0.3) is 5.91 Å². The van der Waals surface area contributed by atoms with E-state index in [4.69, 9.17) is 20.8 Å². The molecule has 0 aliphatic heterocycles. The van der Waals surface area contributed by atoms with Gasteiger partial charge in [0.1, 0.15) is 11.6 Å². The Morgan fingerprint density at radius 3 is 2.74 bits per heavy atom. The molecule has 0 bridgehead atoms. The lowest BCUT2D eigenvalue weighted by atomic mass is 10.1. The number of rotatable bonds is 7. The fourth-order valence-corrected chi connectivity index (χ4v) is 4.02. The Labute approximate surface area is 206 Å². The molecule has 0 unspecified atom stereocenters. The lowest BCUT2D eigenvalue weighted by Gasteiger charge is -2.07. The molecule has 3 aromatic heterocycles. The highest BCUT2D eigenvalue weighted by Gasteiger charge is 2.21. The first-order valence-electron chi connectivity index (χ1n) is 11.4. The van der Waals surface area contributed by atoms with Crippen LogP contribution in [-0.2, 0) is 0 Å². The van der Waals surface area contributed by atoms with Gasteiger partial charge in [-0.3, -0.25) is 4.79 Å². The molecule has 0 radical (unpaired) electrons. The molecule has 5 aromatic rings. The lowest BCUT2D eigenvalue weighted by molar-refractivity contribution is 0.0996. The second kappa shape index (κ2) is 8.92. The fraction of sp³-hybridized carbons (Fsp3) is 0.148. The average Bonchev–Trinajstić information content (AvgIpc) is 3.36. The highest BCUT2D eigenvalue weighted by Crippen LogP contribution is 2.32. The zero-order valence-electron chi connectivity index (χ0n) is 18.6. The number of ether oxygens (including phenoxy) is 1. The number of halogens is 1. The number of carbonyl (C=O) groups excluding carboxylic acids is 1. The molecule has 1 aliphatic rings. The topological polar surface area (TPSA) is 93.0 Å². The minimum absolute atomic E-state index is 0.226. The van der Waals surface area contributed by atoms with Crippen LogP contribution >= 0.6 is 11.6 Å². The minimum Gasteiger partial charge on any atom is -0.493 e. The Kier molecular flexibility index (Phi) is 5.47. The fourth-order valence-electron chi connectivity index (χ4n) is 3.81. The van der Waals surface area contributed by atoms with E-state index >= 15 is 0 Å². The third-order valence-corrected chi connectivity index (χ3v) is 6.26. The van der Waals surface area contributed by atoms with E-state index in [9.17, 15) is 4.79 Å². The highest BCUT2D eigenvalue weighted by molar-refractivity contribution is 6.33. The molecule has 35 heavy (non-hydrogen) atoms. The molecule has 1 fully saturated rings. The number of fused-ring (bicyclic) bond motifs is 1. The van der Waals surface area contributed by atoms with Crippen molar-refractivity contribution in [2.45, 2.75) is 12.8 Å². The highest BCUT2D eigenvalue weighted by atomic mass is 35.5. The van der Waals surface area contributed by atoms with Gasteiger partial charge in [-0.15, -0.1) is 0 Å². The zero-order valence-corrected chi connectivity index (χ0v) is 19.4. The summed E-state index contributed by atoms with van der Waals surface area (Å²) in [5.74, 6) is 2.05. The summed E-state index contributed by atoms with van der Waals surface area (Å²) in [4.78, 5) is 24.8. The van der Waals surface area contributed by atoms with E-state index in [0.29, 0.717) is 27.7 Å². The van der Waals surface area contributed by atoms with Crippen LogP contribution in [0.4, 0.5) is 5.69 Å². The van der Waals surface area contributed by atoms with Gasteiger partial charge in [-0.1, -0.05) is 23.7 Å². The molecule has 174 valence electrons. The summed E-state index contributed by atoms with van der Waals surface area (Å²) in [6.45, 7) is 0.792. The number of H-pyrrole nitrogens is 1. The molecular formula is C27H21ClN4O3. The van der Waals surface area contributed by atoms with Crippen LogP contribution in [0.15, 0.2) is 77.5 Å². The Morgan fingerprint density at radius 1 is 1.11 bits per heavy atom. The number of benzene rings is 2. The van der Waals surface area contributed by atoms with Gasteiger partial charge in [0.15, 0.2) is 11.4 Å². The van der Waals surface area contributed by atoms with Crippen LogP contribution in [-0.4, -0.2) is 27.5 Å². The lowest BCUT2D eigenvalue weighted by Crippen LogP contribution is -2.10. The second-order valence-corrected chi connectivity index (χ2v) is 8.99. The van der Waals surface area contributed by atoms with Gasteiger partial charge < -0.3 is 19.5 Å². The molecule has 7 nitrogen and oxygen atoms in total. The number of nitrogens with zero attached hydrogens (tertiary/aromatic N) is 2. The summed E-state index contributed by atoms with van der Waals surface area (Å²) in [7, 11) is 0. The maximum absolute atomic E-state index is 12.3. The normalized spacial score (nSPS) is 13.2. The van der Waals surface area contributed by atoms with Crippen molar-refractivity contribution in [2.75, 3.05) is 11.9 Å². The van der Waals surface area contributed by atoms with E-state index in [2.05, 4.69) is 20.3 Å². The van der Waals surface area contributed by atoms with Crippen molar-refractivity contribution >= 4 is 34.4 Å². The summed E-state index contributed by atoms with van der Waals surface area (Å²) in [5.41, 5.74) is 4.59. The molecule has 0 saturated heterocycles. The first-order valence-corrected chi connectivity index (χ1v) is 11.7. The van der Waals surface area contributed by atoms with Gasteiger partial charge in [0.2, 0.25) is 0 Å². The number of amides is 1. The van der Waals surface area contributed by atoms with Crippen molar-refractivity contribution in [3.05, 3.63) is 83.9 Å². The van der Waals surface area contributed by atoms with Gasteiger partial charge in [-0.25, -0.2) is 9.97 Å². The molecule has 0 atom stereocenters. The van der Waals surface area contributed by atoms with Gasteiger partial charge in [-0.2, -0.15) is 0 Å². The van der Waals surface area contributed by atoms with Crippen molar-refractivity contribution in [1.29, 1.82) is 0 Å². The Bertz CT molecular complexity index is 1510. The van der Waals surface area contributed by atoms with Crippen LogP contribution < -0.4 is 10.1 Å². The first-order chi connectivity index (χ1) is 17.1. The van der Waals surface area contributed by atoms with Crippen molar-refractivity contribution in [2.24, 2.45) is 5.92 Å². The Balaban J connectivity index is 1.25. The van der Waals surface area contributed by atoms with E-state index in [1.807, 2.05) is 30.3 Å². The summed E-state index contributed by atoms with van der Waals surface area (Å²) in [5, 5.41) is 3.31. The number of hydrogen-bond acceptors (Lipinski definition) is 5. The van der Waals surface area contributed by atoms with Crippen LogP contribution in [0.25, 0.3) is 33.7 Å². The van der Waals surface area contributed by atoms with E-state index in [-0.39, 0.29) is 11.7 Å². The summed E-state index contributed by atoms with van der Waals surface area (Å²) >= 11 is 6.46. The molecule has 0 spiro atoms. The number of aromatic nitrogens is 3. The quantitative estimate of drug-likeness (QED) is 0.272. The van der Waals surface area contributed by atoms with E-state index in [1.165, 1.54) is 19.1 Å². The number of aromatic amines is 1. The summed E-state index contributed by atoms with van der Waals surface area (Å²) in [6.07, 6.45) is 5.79. The maximum atomic E-state index is 12.3. The third-order valence-electron chi connectivity index (χ3n) is 5.93. The number of carbonyl (C=O) groups is 1. The molecule has 2 N–H and O–H groups in total. The summed E-state index contributed by atoms with van der Waals surface area (Å²) in [6, 6.07) is 18.5. The van der Waals surface area contributed by atoms with Crippen LogP contribution in [0.2, 0.25) is 5.02 Å². The average molecular weight is 485 g/mol. The minimum atomic E-state index is -0.344. The standard InChI is InChI=1S/C27H21ClN4O3/c28-22-10-7-19(30-27(33)24-2-1-11-34-24)13-21(22)25-31-23-12-18(14-29-26(23)32-25)17-5-8-20(9-6-17)35-15-16-3-4-16/h1-2,5-14,16H,3-4,15H2,(H,30,33)(H,29,31,32). The van der Waals surface area contributed by atoms with Crippen LogP contribution in [0.1, 0.15) is 23.4 Å². The van der Waals surface area contributed by atoms with Crippen molar-refractivity contribution in [3.63, 3.8) is 0 Å². The van der Waals surface area contributed by atoms with E-state index in [0.717, 1.165) is 34.9 Å². The van der Waals surface area contributed by atoms with Crippen molar-refractivity contribution in [3.8, 4) is 28.3 Å². The van der Waals surface area contributed by atoms with Gasteiger partial charge in [0, 0.05) is 23.0 Å². The number of pyridine rings is 1. The Hall–Kier alpha value is -4.10. The number of anilines is 1. The smallest absolute Gasteiger partial charge is 0.291 e. The Morgan fingerprint density at radius 2 is 1.97 bits per heavy atom. The number of nitrogens with one attached hydrogen (secondary N) is 2. The zero-order chi connectivity index (χ0) is 23.8. The molecule has 6 rings (SSSR count). The number of imidazole rings is 1. The van der Waals surface area contributed by atoms with E-state index < -0.39 is 0 Å². The molecule has 3 heterocycles. The SMILES string of the molecule is O=C(Nc1ccc(Cl)c(-c2nc3ncc(-c4ccc(OCC5CC5)cc4)cc3[nH]2)c1)c1ccco1. The van der Waals surface area contributed by atoms with Crippen LogP contribution in [0.3, 0.4) is 0 Å². The summed E-state index contributed by atoms with van der Waals surface area (Å²) < 4.78 is 11.0. The molecule has 1 saturated carbocycles. The van der Waals surface area contributed by atoms with Crippen molar-refractivity contribution in [1.82, 2.24) is 15.0 Å². The third kappa shape index (κ3) is 4.63. The predicted octanol–water partition coefficient (Wildman–Crippen LogP) is 6.58. The van der Waals surface area contributed by atoms with Crippen LogP contribution in [0.5, 0.6) is 5.75 Å².